The molecule has 1 heterocycles. The van der Waals surface area contributed by atoms with Gasteiger partial charge in [0, 0.05) is 24.9 Å². The zero-order valence-electron chi connectivity index (χ0n) is 10.7. The van der Waals surface area contributed by atoms with Crippen molar-refractivity contribution >= 4 is 5.91 Å². The molecule has 3 rings (SSSR count). The molecule has 0 unspecified atom stereocenters. The fourth-order valence-corrected chi connectivity index (χ4v) is 2.58. The minimum Gasteiger partial charge on any atom is -0.352 e. The fourth-order valence-electron chi connectivity index (χ4n) is 2.58. The monoisotopic (exact) mass is 252 g/mol. The maximum atomic E-state index is 12.2. The Kier molecular flexibility index (Phi) is 3.27. The summed E-state index contributed by atoms with van der Waals surface area (Å²) in [4.78, 5) is 16.1. The van der Waals surface area contributed by atoms with Crippen LogP contribution < -0.4 is 5.32 Å². The molecule has 19 heavy (non-hydrogen) atoms. The third-order valence-corrected chi connectivity index (χ3v) is 3.64. The first-order valence-electron chi connectivity index (χ1n) is 6.56. The number of amides is 1. The zero-order chi connectivity index (χ0) is 13.1. The van der Waals surface area contributed by atoms with Gasteiger partial charge in [-0.1, -0.05) is 24.3 Å². The molecule has 0 saturated heterocycles. The second-order valence-corrected chi connectivity index (χ2v) is 4.95. The van der Waals surface area contributed by atoms with Gasteiger partial charge in [-0.25, -0.2) is 0 Å². The highest BCUT2D eigenvalue weighted by molar-refractivity contribution is 5.80. The van der Waals surface area contributed by atoms with Crippen molar-refractivity contribution in [1.29, 1.82) is 0 Å². The molecular weight excluding hydrogens is 236 g/mol. The van der Waals surface area contributed by atoms with Crippen LogP contribution in [0, 0.1) is 5.92 Å². The van der Waals surface area contributed by atoms with Crippen LogP contribution in [0.3, 0.4) is 0 Å². The van der Waals surface area contributed by atoms with Crippen molar-refractivity contribution < 1.29 is 4.79 Å². The van der Waals surface area contributed by atoms with E-state index in [1.807, 2.05) is 24.3 Å². The summed E-state index contributed by atoms with van der Waals surface area (Å²) in [6, 6.07) is 12.1. The quantitative estimate of drug-likeness (QED) is 0.909. The Morgan fingerprint density at radius 3 is 2.37 bits per heavy atom. The van der Waals surface area contributed by atoms with E-state index < -0.39 is 0 Å². The molecule has 0 spiro atoms. The molecule has 0 atom stereocenters. The summed E-state index contributed by atoms with van der Waals surface area (Å²) in [6.07, 6.45) is 5.20. The summed E-state index contributed by atoms with van der Waals surface area (Å²) in [7, 11) is 0. The molecule has 0 bridgehead atoms. The van der Waals surface area contributed by atoms with Crippen molar-refractivity contribution in [2.24, 2.45) is 5.92 Å². The van der Waals surface area contributed by atoms with Crippen LogP contribution in [0.2, 0.25) is 0 Å². The number of hydrogen-bond donors (Lipinski definition) is 1. The number of rotatable bonds is 3. The van der Waals surface area contributed by atoms with Crippen LogP contribution in [0.1, 0.15) is 16.7 Å². The number of pyridine rings is 1. The minimum absolute atomic E-state index is 0.0826. The number of aromatic nitrogens is 1. The largest absolute Gasteiger partial charge is 0.352 e. The first-order chi connectivity index (χ1) is 9.33. The highest BCUT2D eigenvalue weighted by Crippen LogP contribution is 2.26. The number of fused-ring (bicyclic) bond motifs is 1. The summed E-state index contributed by atoms with van der Waals surface area (Å²) >= 11 is 0. The number of hydrogen-bond acceptors (Lipinski definition) is 2. The van der Waals surface area contributed by atoms with Crippen molar-refractivity contribution in [3.05, 3.63) is 65.5 Å². The predicted octanol–water partition coefficient (Wildman–Crippen LogP) is 2.11. The molecule has 0 aliphatic heterocycles. The van der Waals surface area contributed by atoms with Gasteiger partial charge < -0.3 is 5.32 Å². The van der Waals surface area contributed by atoms with Crippen LogP contribution >= 0.6 is 0 Å². The van der Waals surface area contributed by atoms with E-state index in [1.165, 1.54) is 11.1 Å². The summed E-state index contributed by atoms with van der Waals surface area (Å²) in [5.74, 6) is 0.229. The highest BCUT2D eigenvalue weighted by atomic mass is 16.1. The van der Waals surface area contributed by atoms with E-state index >= 15 is 0 Å². The third kappa shape index (κ3) is 2.65. The molecule has 1 aromatic carbocycles. The van der Waals surface area contributed by atoms with Crippen molar-refractivity contribution in [3.8, 4) is 0 Å². The molecule has 0 saturated carbocycles. The second-order valence-electron chi connectivity index (χ2n) is 4.95. The molecule has 3 nitrogen and oxygen atoms in total. The minimum atomic E-state index is 0.0826. The van der Waals surface area contributed by atoms with Gasteiger partial charge in [0.1, 0.15) is 0 Å². The highest BCUT2D eigenvalue weighted by Gasteiger charge is 2.26. The molecule has 1 N–H and O–H groups in total. The van der Waals surface area contributed by atoms with Crippen LogP contribution in [-0.4, -0.2) is 10.9 Å². The van der Waals surface area contributed by atoms with Gasteiger partial charge in [-0.15, -0.1) is 0 Å². The van der Waals surface area contributed by atoms with Gasteiger partial charge in [-0.05, 0) is 41.7 Å². The van der Waals surface area contributed by atoms with Gasteiger partial charge in [0.15, 0.2) is 0 Å². The summed E-state index contributed by atoms with van der Waals surface area (Å²) in [6.45, 7) is 0.578. The van der Waals surface area contributed by atoms with Crippen molar-refractivity contribution in [1.82, 2.24) is 10.3 Å². The van der Waals surface area contributed by atoms with Crippen molar-refractivity contribution in [2.45, 2.75) is 19.4 Å². The maximum absolute atomic E-state index is 12.2. The van der Waals surface area contributed by atoms with Crippen molar-refractivity contribution in [2.75, 3.05) is 0 Å². The smallest absolute Gasteiger partial charge is 0.224 e. The normalized spacial score (nSPS) is 14.1. The maximum Gasteiger partial charge on any atom is 0.224 e. The first-order valence-corrected chi connectivity index (χ1v) is 6.56. The van der Waals surface area contributed by atoms with E-state index in [2.05, 4.69) is 22.4 Å². The molecule has 2 aromatic rings. The Labute approximate surface area is 112 Å². The van der Waals surface area contributed by atoms with Crippen LogP contribution in [0.5, 0.6) is 0 Å². The summed E-state index contributed by atoms with van der Waals surface area (Å²) in [5, 5.41) is 3.01. The predicted molar refractivity (Wildman–Crippen MR) is 73.4 cm³/mol. The molecule has 0 radical (unpaired) electrons. The fraction of sp³-hybridized carbons (Fsp3) is 0.250. The molecule has 1 aromatic heterocycles. The lowest BCUT2D eigenvalue weighted by molar-refractivity contribution is -0.124. The second kappa shape index (κ2) is 5.22. The van der Waals surface area contributed by atoms with E-state index in [0.717, 1.165) is 18.4 Å². The Morgan fingerprint density at radius 1 is 1.11 bits per heavy atom. The molecule has 0 fully saturated rings. The average Bonchev–Trinajstić information content (AvgIpc) is 2.90. The van der Waals surface area contributed by atoms with E-state index in [0.29, 0.717) is 6.54 Å². The zero-order valence-corrected chi connectivity index (χ0v) is 10.7. The van der Waals surface area contributed by atoms with E-state index in [9.17, 15) is 4.79 Å². The Hall–Kier alpha value is -2.16. The van der Waals surface area contributed by atoms with Gasteiger partial charge >= 0.3 is 0 Å². The lowest BCUT2D eigenvalue weighted by Crippen LogP contribution is -2.30. The van der Waals surface area contributed by atoms with E-state index in [4.69, 9.17) is 0 Å². The van der Waals surface area contributed by atoms with Crippen LogP contribution in [0.25, 0.3) is 0 Å². The lowest BCUT2D eigenvalue weighted by Gasteiger charge is -2.10. The topological polar surface area (TPSA) is 42.0 Å². The van der Waals surface area contributed by atoms with Gasteiger partial charge in [0.2, 0.25) is 5.91 Å². The molecule has 3 heteroatoms. The Balaban J connectivity index is 1.58. The molecule has 96 valence electrons. The van der Waals surface area contributed by atoms with Crippen molar-refractivity contribution in [3.63, 3.8) is 0 Å². The van der Waals surface area contributed by atoms with Gasteiger partial charge in [-0.2, -0.15) is 0 Å². The number of nitrogens with one attached hydrogen (secondary N) is 1. The van der Waals surface area contributed by atoms with Gasteiger partial charge in [0.05, 0.1) is 0 Å². The Bertz CT molecular complexity index is 555. The van der Waals surface area contributed by atoms with E-state index in [1.54, 1.807) is 12.4 Å². The number of carbonyl (C=O) groups is 1. The number of carbonyl (C=O) groups excluding carboxylic acids is 1. The summed E-state index contributed by atoms with van der Waals surface area (Å²) < 4.78 is 0. The number of benzene rings is 1. The molecular formula is C16H16N2O. The molecule has 1 aliphatic carbocycles. The van der Waals surface area contributed by atoms with Gasteiger partial charge in [-0.3, -0.25) is 9.78 Å². The Morgan fingerprint density at radius 2 is 1.74 bits per heavy atom. The SMILES string of the molecule is O=C(NCc1ccncc1)C1Cc2ccccc2C1. The lowest BCUT2D eigenvalue weighted by atomic mass is 10.1. The summed E-state index contributed by atoms with van der Waals surface area (Å²) in [5.41, 5.74) is 3.71. The van der Waals surface area contributed by atoms with E-state index in [-0.39, 0.29) is 11.8 Å². The molecule has 1 aliphatic rings. The van der Waals surface area contributed by atoms with Crippen LogP contribution in [0.4, 0.5) is 0 Å². The van der Waals surface area contributed by atoms with Gasteiger partial charge in [0.25, 0.3) is 0 Å². The first kappa shape index (κ1) is 11.9. The average molecular weight is 252 g/mol. The van der Waals surface area contributed by atoms with Crippen LogP contribution in [0.15, 0.2) is 48.8 Å². The van der Waals surface area contributed by atoms with Crippen LogP contribution in [-0.2, 0) is 24.2 Å². The third-order valence-electron chi connectivity index (χ3n) is 3.64. The number of nitrogens with zero attached hydrogens (tertiary/aromatic N) is 1. The molecule has 1 amide bonds. The standard InChI is InChI=1S/C16H16N2O/c19-16(18-11-12-5-7-17-8-6-12)15-9-13-3-1-2-4-14(13)10-15/h1-8,15H,9-11H2,(H,18,19).